The van der Waals surface area contributed by atoms with E-state index in [1.807, 2.05) is 24.3 Å². The van der Waals surface area contributed by atoms with Crippen molar-refractivity contribution in [2.24, 2.45) is 0 Å². The van der Waals surface area contributed by atoms with E-state index in [0.29, 0.717) is 5.56 Å². The van der Waals surface area contributed by atoms with Gasteiger partial charge in [-0.25, -0.2) is 4.98 Å². The van der Waals surface area contributed by atoms with E-state index in [-0.39, 0.29) is 5.41 Å². The lowest BCUT2D eigenvalue weighted by atomic mass is 9.93. The van der Waals surface area contributed by atoms with Gasteiger partial charge in [0.15, 0.2) is 0 Å². The van der Waals surface area contributed by atoms with Gasteiger partial charge in [-0.15, -0.1) is 11.3 Å². The van der Waals surface area contributed by atoms with Crippen molar-refractivity contribution in [2.75, 3.05) is 0 Å². The summed E-state index contributed by atoms with van der Waals surface area (Å²) in [4.78, 5) is 4.65. The first-order valence-corrected chi connectivity index (χ1v) is 7.51. The Morgan fingerprint density at radius 3 is 2.75 bits per heavy atom. The lowest BCUT2D eigenvalue weighted by Gasteiger charge is -2.14. The minimum Gasteiger partial charge on any atom is -0.306 e. The number of aromatic nitrogens is 1. The van der Waals surface area contributed by atoms with Gasteiger partial charge in [0.05, 0.1) is 17.3 Å². The molecule has 2 aromatic rings. The first kappa shape index (κ1) is 14.7. The van der Waals surface area contributed by atoms with E-state index < -0.39 is 0 Å². The molecule has 1 heterocycles. The highest BCUT2D eigenvalue weighted by Crippen LogP contribution is 2.23. The third-order valence-corrected chi connectivity index (χ3v) is 3.83. The Morgan fingerprint density at radius 2 is 2.10 bits per heavy atom. The summed E-state index contributed by atoms with van der Waals surface area (Å²) in [5, 5.41) is 15.5. The van der Waals surface area contributed by atoms with Gasteiger partial charge in [-0.1, -0.05) is 32.9 Å². The smallest absolute Gasteiger partial charge is 0.107 e. The normalized spacial score (nSPS) is 11.3. The predicted molar refractivity (Wildman–Crippen MR) is 82.5 cm³/mol. The number of rotatable bonds is 4. The van der Waals surface area contributed by atoms with Gasteiger partial charge >= 0.3 is 0 Å². The summed E-state index contributed by atoms with van der Waals surface area (Å²) in [7, 11) is 0. The molecule has 3 nitrogen and oxygen atoms in total. The molecule has 4 heteroatoms. The lowest BCUT2D eigenvalue weighted by Crippen LogP contribution is -2.14. The van der Waals surface area contributed by atoms with Crippen molar-refractivity contribution in [3.05, 3.63) is 51.5 Å². The molecule has 0 unspecified atom stereocenters. The van der Waals surface area contributed by atoms with E-state index in [1.54, 1.807) is 11.3 Å². The molecule has 0 aliphatic heterocycles. The van der Waals surface area contributed by atoms with Gasteiger partial charge in [-0.3, -0.25) is 0 Å². The van der Waals surface area contributed by atoms with Gasteiger partial charge in [0.2, 0.25) is 0 Å². The zero-order valence-corrected chi connectivity index (χ0v) is 12.9. The average molecular weight is 285 g/mol. The second kappa shape index (κ2) is 6.17. The standard InChI is InChI=1S/C16H19N3S/c1-16(2,3)14-11-20-15(19-14)10-18-9-13-6-4-5-12(7-13)8-17/h4-7,11,18H,9-10H2,1-3H3. The SMILES string of the molecule is CC(C)(C)c1csc(CNCc2cccc(C#N)c2)n1. The van der Waals surface area contributed by atoms with Crippen molar-refractivity contribution < 1.29 is 0 Å². The minimum atomic E-state index is 0.107. The number of nitrogens with zero attached hydrogens (tertiary/aromatic N) is 2. The monoisotopic (exact) mass is 285 g/mol. The molecule has 20 heavy (non-hydrogen) atoms. The molecular formula is C16H19N3S. The van der Waals surface area contributed by atoms with E-state index >= 15 is 0 Å². The van der Waals surface area contributed by atoms with Gasteiger partial charge < -0.3 is 5.32 Å². The zero-order chi connectivity index (χ0) is 14.6. The van der Waals surface area contributed by atoms with Crippen LogP contribution in [0.1, 0.15) is 42.6 Å². The first-order valence-electron chi connectivity index (χ1n) is 6.63. The Labute approximate surface area is 124 Å². The maximum absolute atomic E-state index is 8.87. The fourth-order valence-electron chi connectivity index (χ4n) is 1.80. The quantitative estimate of drug-likeness (QED) is 0.933. The molecule has 104 valence electrons. The Balaban J connectivity index is 1.90. The van der Waals surface area contributed by atoms with Crippen molar-refractivity contribution in [1.29, 1.82) is 5.26 Å². The summed E-state index contributed by atoms with van der Waals surface area (Å²) in [6.45, 7) is 8.03. The van der Waals surface area contributed by atoms with E-state index in [0.717, 1.165) is 29.4 Å². The number of nitriles is 1. The highest BCUT2D eigenvalue weighted by molar-refractivity contribution is 7.09. The van der Waals surface area contributed by atoms with Crippen LogP contribution in [0.15, 0.2) is 29.6 Å². The van der Waals surface area contributed by atoms with E-state index in [2.05, 4.69) is 42.5 Å². The zero-order valence-electron chi connectivity index (χ0n) is 12.1. The molecule has 0 aliphatic rings. The number of benzene rings is 1. The predicted octanol–water partition coefficient (Wildman–Crippen LogP) is 3.60. The van der Waals surface area contributed by atoms with Crippen LogP contribution in [0, 0.1) is 11.3 Å². The van der Waals surface area contributed by atoms with Crippen LogP contribution in [0.4, 0.5) is 0 Å². The Hall–Kier alpha value is -1.70. The van der Waals surface area contributed by atoms with Gasteiger partial charge in [0, 0.05) is 23.9 Å². The molecule has 0 saturated carbocycles. The van der Waals surface area contributed by atoms with E-state index in [4.69, 9.17) is 5.26 Å². The summed E-state index contributed by atoms with van der Waals surface area (Å²) in [6.07, 6.45) is 0. The Kier molecular flexibility index (Phi) is 4.53. The van der Waals surface area contributed by atoms with Crippen molar-refractivity contribution >= 4 is 11.3 Å². The van der Waals surface area contributed by atoms with Crippen LogP contribution >= 0.6 is 11.3 Å². The highest BCUT2D eigenvalue weighted by Gasteiger charge is 2.17. The second-order valence-electron chi connectivity index (χ2n) is 5.79. The molecule has 0 bridgehead atoms. The number of nitrogens with one attached hydrogen (secondary N) is 1. The second-order valence-corrected chi connectivity index (χ2v) is 6.73. The lowest BCUT2D eigenvalue weighted by molar-refractivity contribution is 0.568. The Morgan fingerprint density at radius 1 is 1.30 bits per heavy atom. The fourth-order valence-corrected chi connectivity index (χ4v) is 2.79. The molecular weight excluding hydrogens is 266 g/mol. The number of thiazole rings is 1. The van der Waals surface area contributed by atoms with Gasteiger partial charge in [0.1, 0.15) is 5.01 Å². The van der Waals surface area contributed by atoms with Crippen LogP contribution in [0.25, 0.3) is 0 Å². The molecule has 0 radical (unpaired) electrons. The van der Waals surface area contributed by atoms with Crippen LogP contribution in [0.2, 0.25) is 0 Å². The van der Waals surface area contributed by atoms with Gasteiger partial charge in [-0.2, -0.15) is 5.26 Å². The third kappa shape index (κ3) is 3.89. The summed E-state index contributed by atoms with van der Waals surface area (Å²) >= 11 is 1.69. The van der Waals surface area contributed by atoms with Crippen LogP contribution in [0.5, 0.6) is 0 Å². The van der Waals surface area contributed by atoms with Crippen LogP contribution in [0.3, 0.4) is 0 Å². The average Bonchev–Trinajstić information content (AvgIpc) is 2.88. The van der Waals surface area contributed by atoms with Crippen molar-refractivity contribution in [2.45, 2.75) is 39.3 Å². The van der Waals surface area contributed by atoms with Crippen molar-refractivity contribution in [3.63, 3.8) is 0 Å². The molecule has 0 amide bonds. The molecule has 0 saturated heterocycles. The number of hydrogen-bond donors (Lipinski definition) is 1. The highest BCUT2D eigenvalue weighted by atomic mass is 32.1. The summed E-state index contributed by atoms with van der Waals surface area (Å²) in [5.74, 6) is 0. The summed E-state index contributed by atoms with van der Waals surface area (Å²) in [6, 6.07) is 9.83. The van der Waals surface area contributed by atoms with Crippen LogP contribution in [-0.2, 0) is 18.5 Å². The summed E-state index contributed by atoms with van der Waals surface area (Å²) < 4.78 is 0. The van der Waals surface area contributed by atoms with Crippen molar-refractivity contribution in [3.8, 4) is 6.07 Å². The number of hydrogen-bond acceptors (Lipinski definition) is 4. The summed E-state index contributed by atoms with van der Waals surface area (Å²) in [5.41, 5.74) is 3.08. The molecule has 1 aromatic heterocycles. The molecule has 1 aromatic carbocycles. The maximum Gasteiger partial charge on any atom is 0.107 e. The minimum absolute atomic E-state index is 0.107. The van der Waals surface area contributed by atoms with E-state index in [9.17, 15) is 0 Å². The third-order valence-electron chi connectivity index (χ3n) is 2.98. The van der Waals surface area contributed by atoms with E-state index in [1.165, 1.54) is 0 Å². The van der Waals surface area contributed by atoms with Gasteiger partial charge in [0.25, 0.3) is 0 Å². The molecule has 1 N–H and O–H groups in total. The van der Waals surface area contributed by atoms with Crippen molar-refractivity contribution in [1.82, 2.24) is 10.3 Å². The molecule has 0 fully saturated rings. The Bertz CT molecular complexity index is 617. The topological polar surface area (TPSA) is 48.7 Å². The van der Waals surface area contributed by atoms with Crippen LogP contribution in [-0.4, -0.2) is 4.98 Å². The molecule has 2 rings (SSSR count). The van der Waals surface area contributed by atoms with Gasteiger partial charge in [-0.05, 0) is 17.7 Å². The first-order chi connectivity index (χ1) is 9.49. The molecule has 0 atom stereocenters. The fraction of sp³-hybridized carbons (Fsp3) is 0.375. The molecule has 0 spiro atoms. The maximum atomic E-state index is 8.87. The molecule has 0 aliphatic carbocycles. The van der Waals surface area contributed by atoms with Crippen LogP contribution < -0.4 is 5.32 Å². The largest absolute Gasteiger partial charge is 0.306 e.